The van der Waals surface area contributed by atoms with Gasteiger partial charge in [-0.3, -0.25) is 9.89 Å². The largest absolute Gasteiger partial charge is 0.349 e. The molecule has 0 bridgehead atoms. The van der Waals surface area contributed by atoms with Crippen molar-refractivity contribution in [1.29, 1.82) is 0 Å². The number of carbonyl (C=O) groups is 1. The molecule has 1 saturated carbocycles. The minimum Gasteiger partial charge on any atom is -0.349 e. The summed E-state index contributed by atoms with van der Waals surface area (Å²) in [5.41, 5.74) is 0.936. The molecule has 1 aliphatic carbocycles. The van der Waals surface area contributed by atoms with Crippen molar-refractivity contribution < 1.29 is 13.2 Å². The fourth-order valence-corrected chi connectivity index (χ4v) is 4.32. The van der Waals surface area contributed by atoms with Gasteiger partial charge < -0.3 is 5.32 Å². The van der Waals surface area contributed by atoms with Gasteiger partial charge in [-0.2, -0.15) is 5.10 Å². The van der Waals surface area contributed by atoms with Gasteiger partial charge in [0.15, 0.2) is 15.5 Å². The monoisotopic (exact) mass is 347 g/mol. The lowest BCUT2D eigenvalue weighted by atomic mass is 10.0. The van der Waals surface area contributed by atoms with Gasteiger partial charge in [0, 0.05) is 18.7 Å². The first-order valence-corrected chi connectivity index (χ1v) is 9.74. The third-order valence-electron chi connectivity index (χ3n) is 4.58. The summed E-state index contributed by atoms with van der Waals surface area (Å²) in [4.78, 5) is 12.3. The van der Waals surface area contributed by atoms with Gasteiger partial charge in [-0.25, -0.2) is 8.42 Å². The Bertz CT molecular complexity index is 661. The van der Waals surface area contributed by atoms with Gasteiger partial charge in [0.2, 0.25) is 0 Å². The van der Waals surface area contributed by atoms with Crippen LogP contribution in [0.15, 0.2) is 0 Å². The van der Waals surface area contributed by atoms with Crippen molar-refractivity contribution in [3.8, 4) is 0 Å². The predicted molar refractivity (Wildman–Crippen MR) is 86.1 cm³/mol. The molecule has 1 aromatic heterocycles. The number of sulfone groups is 1. The highest BCUT2D eigenvalue weighted by atomic mass is 35.5. The van der Waals surface area contributed by atoms with Gasteiger partial charge in [-0.15, -0.1) is 0 Å². The van der Waals surface area contributed by atoms with Crippen LogP contribution < -0.4 is 5.32 Å². The van der Waals surface area contributed by atoms with Crippen LogP contribution >= 0.6 is 11.6 Å². The molecular formula is C14H22ClN3O3S. The molecule has 124 valence electrons. The number of amides is 1. The van der Waals surface area contributed by atoms with Gasteiger partial charge in [0.25, 0.3) is 5.91 Å². The molecular weight excluding hydrogens is 326 g/mol. The Morgan fingerprint density at radius 2 is 2.00 bits per heavy atom. The number of H-pyrrole nitrogens is 1. The van der Waals surface area contributed by atoms with Crippen molar-refractivity contribution in [2.75, 3.05) is 12.8 Å². The van der Waals surface area contributed by atoms with Crippen LogP contribution in [-0.2, 0) is 9.84 Å². The summed E-state index contributed by atoms with van der Waals surface area (Å²) in [6.45, 7) is 3.67. The molecule has 0 aliphatic heterocycles. The number of carbonyl (C=O) groups excluding carboxylic acids is 1. The van der Waals surface area contributed by atoms with Crippen molar-refractivity contribution in [1.82, 2.24) is 15.5 Å². The standard InChI is InChI=1S/C14H22ClN3O3S/c1-4-14(5-2,22(3,20)21)8-16-13(19)12-10(15)11(17-18-12)9-6-7-9/h9H,4-8H2,1-3H3,(H,16,19)(H,17,18). The minimum atomic E-state index is -3.29. The molecule has 8 heteroatoms. The van der Waals surface area contributed by atoms with Crippen molar-refractivity contribution in [2.45, 2.75) is 50.2 Å². The lowest BCUT2D eigenvalue weighted by Gasteiger charge is -2.29. The van der Waals surface area contributed by atoms with E-state index in [0.717, 1.165) is 18.5 Å². The van der Waals surface area contributed by atoms with Crippen LogP contribution in [0.5, 0.6) is 0 Å². The third-order valence-corrected chi connectivity index (χ3v) is 7.26. The fourth-order valence-electron chi connectivity index (χ4n) is 2.62. The Hall–Kier alpha value is -1.08. The first-order chi connectivity index (χ1) is 10.3. The van der Waals surface area contributed by atoms with Crippen LogP contribution in [0.25, 0.3) is 0 Å². The van der Waals surface area contributed by atoms with Crippen molar-refractivity contribution >= 4 is 27.3 Å². The van der Waals surface area contributed by atoms with E-state index in [4.69, 9.17) is 11.6 Å². The maximum atomic E-state index is 12.3. The molecule has 22 heavy (non-hydrogen) atoms. The van der Waals surface area contributed by atoms with E-state index in [1.807, 2.05) is 13.8 Å². The highest BCUT2D eigenvalue weighted by molar-refractivity contribution is 7.92. The molecule has 0 radical (unpaired) electrons. The smallest absolute Gasteiger partial charge is 0.273 e. The van der Waals surface area contributed by atoms with Crippen LogP contribution in [0, 0.1) is 0 Å². The molecule has 0 spiro atoms. The topological polar surface area (TPSA) is 91.9 Å². The molecule has 2 rings (SSSR count). The Morgan fingerprint density at radius 1 is 1.41 bits per heavy atom. The maximum absolute atomic E-state index is 12.3. The van der Waals surface area contributed by atoms with Gasteiger partial charge >= 0.3 is 0 Å². The van der Waals surface area contributed by atoms with Gasteiger partial charge in [0.1, 0.15) is 0 Å². The zero-order chi connectivity index (χ0) is 16.5. The predicted octanol–water partition coefficient (Wildman–Crippen LogP) is 2.27. The number of hydrogen-bond acceptors (Lipinski definition) is 4. The first-order valence-electron chi connectivity index (χ1n) is 7.47. The molecule has 0 unspecified atom stereocenters. The quantitative estimate of drug-likeness (QED) is 0.791. The molecule has 1 fully saturated rings. The SMILES string of the molecule is CCC(CC)(CNC(=O)c1n[nH]c(C2CC2)c1Cl)S(C)(=O)=O. The number of aromatic nitrogens is 2. The van der Waals surface area contributed by atoms with Crippen LogP contribution in [-0.4, -0.2) is 42.1 Å². The second-order valence-electron chi connectivity index (χ2n) is 5.92. The Balaban J connectivity index is 2.12. The number of hydrogen-bond donors (Lipinski definition) is 2. The number of rotatable bonds is 7. The second kappa shape index (κ2) is 6.20. The highest BCUT2D eigenvalue weighted by Gasteiger charge is 2.38. The van der Waals surface area contributed by atoms with Crippen LogP contribution in [0.1, 0.15) is 61.6 Å². The number of halogens is 1. The lowest BCUT2D eigenvalue weighted by molar-refractivity contribution is 0.0943. The first kappa shape index (κ1) is 17.3. The zero-order valence-electron chi connectivity index (χ0n) is 13.1. The van der Waals surface area contributed by atoms with Gasteiger partial charge in [0.05, 0.1) is 15.5 Å². The fraction of sp³-hybridized carbons (Fsp3) is 0.714. The van der Waals surface area contributed by atoms with E-state index in [0.29, 0.717) is 23.8 Å². The average molecular weight is 348 g/mol. The highest BCUT2D eigenvalue weighted by Crippen LogP contribution is 2.42. The van der Waals surface area contributed by atoms with E-state index in [1.54, 1.807) is 0 Å². The molecule has 1 amide bonds. The van der Waals surface area contributed by atoms with E-state index in [2.05, 4.69) is 15.5 Å². The Kier molecular flexibility index (Phi) is 4.87. The van der Waals surface area contributed by atoms with Crippen LogP contribution in [0.2, 0.25) is 5.02 Å². The molecule has 1 aromatic rings. The molecule has 6 nitrogen and oxygen atoms in total. The van der Waals surface area contributed by atoms with E-state index in [-0.39, 0.29) is 12.2 Å². The number of nitrogens with zero attached hydrogens (tertiary/aromatic N) is 1. The molecule has 0 saturated heterocycles. The molecule has 2 N–H and O–H groups in total. The van der Waals surface area contributed by atoms with E-state index in [9.17, 15) is 13.2 Å². The number of aromatic amines is 1. The summed E-state index contributed by atoms with van der Waals surface area (Å²) in [6, 6.07) is 0. The van der Waals surface area contributed by atoms with Crippen LogP contribution in [0.4, 0.5) is 0 Å². The van der Waals surface area contributed by atoms with Crippen LogP contribution in [0.3, 0.4) is 0 Å². The summed E-state index contributed by atoms with van der Waals surface area (Å²) in [5, 5.41) is 9.81. The third kappa shape index (κ3) is 3.15. The van der Waals surface area contributed by atoms with E-state index >= 15 is 0 Å². The molecule has 0 aromatic carbocycles. The van der Waals surface area contributed by atoms with Crippen molar-refractivity contribution in [3.05, 3.63) is 16.4 Å². The summed E-state index contributed by atoms with van der Waals surface area (Å²) < 4.78 is 23.1. The Labute approximate surface area is 135 Å². The van der Waals surface area contributed by atoms with E-state index in [1.165, 1.54) is 6.26 Å². The average Bonchev–Trinajstić information content (AvgIpc) is 3.22. The second-order valence-corrected chi connectivity index (χ2v) is 8.71. The Morgan fingerprint density at radius 3 is 2.45 bits per heavy atom. The maximum Gasteiger partial charge on any atom is 0.273 e. The number of nitrogens with one attached hydrogen (secondary N) is 2. The zero-order valence-corrected chi connectivity index (χ0v) is 14.6. The summed E-state index contributed by atoms with van der Waals surface area (Å²) in [5.74, 6) is -0.0778. The van der Waals surface area contributed by atoms with Gasteiger partial charge in [-0.05, 0) is 25.7 Å². The minimum absolute atomic E-state index is 0.0552. The summed E-state index contributed by atoms with van der Waals surface area (Å²) >= 11 is 6.19. The van der Waals surface area contributed by atoms with E-state index < -0.39 is 20.5 Å². The lowest BCUT2D eigenvalue weighted by Crippen LogP contribution is -2.47. The van der Waals surface area contributed by atoms with Crippen molar-refractivity contribution in [2.24, 2.45) is 0 Å². The van der Waals surface area contributed by atoms with Crippen molar-refractivity contribution in [3.63, 3.8) is 0 Å². The summed E-state index contributed by atoms with van der Waals surface area (Å²) in [7, 11) is -3.29. The van der Waals surface area contributed by atoms with Gasteiger partial charge in [-0.1, -0.05) is 25.4 Å². The normalized spacial score (nSPS) is 15.8. The molecule has 1 aliphatic rings. The summed E-state index contributed by atoms with van der Waals surface area (Å²) in [6.07, 6.45) is 4.17. The molecule has 0 atom stereocenters. The molecule has 1 heterocycles.